The van der Waals surface area contributed by atoms with Crippen LogP contribution in [0.15, 0.2) is 30.3 Å². The minimum Gasteiger partial charge on any atom is -0.330 e. The van der Waals surface area contributed by atoms with Gasteiger partial charge >= 0.3 is 10.6 Å². The Balaban J connectivity index is 0. The SMILES string of the molecule is Cl.NCCc1ccccc1.O=S(=O)(F)F. The molecule has 15 heavy (non-hydrogen) atoms. The first-order valence-corrected chi connectivity index (χ1v) is 5.10. The lowest BCUT2D eigenvalue weighted by Gasteiger charge is -1.93. The van der Waals surface area contributed by atoms with E-state index >= 15 is 0 Å². The van der Waals surface area contributed by atoms with Gasteiger partial charge in [0.1, 0.15) is 0 Å². The fourth-order valence-electron chi connectivity index (χ4n) is 0.811. The average Bonchev–Trinajstić information content (AvgIpc) is 2.03. The van der Waals surface area contributed by atoms with E-state index in [1.54, 1.807) is 0 Å². The summed E-state index contributed by atoms with van der Waals surface area (Å²) in [6.07, 6.45) is 0.987. The summed E-state index contributed by atoms with van der Waals surface area (Å²) >= 11 is 0. The summed E-state index contributed by atoms with van der Waals surface area (Å²) in [5.74, 6) is 0. The molecule has 2 N–H and O–H groups in total. The highest BCUT2D eigenvalue weighted by atomic mass is 35.5. The van der Waals surface area contributed by atoms with Crippen LogP contribution in [0.25, 0.3) is 0 Å². The van der Waals surface area contributed by atoms with E-state index in [-0.39, 0.29) is 12.4 Å². The summed E-state index contributed by atoms with van der Waals surface area (Å²) in [7, 11) is -5.67. The van der Waals surface area contributed by atoms with Crippen LogP contribution in [-0.4, -0.2) is 15.0 Å². The van der Waals surface area contributed by atoms with E-state index < -0.39 is 10.6 Å². The molecule has 0 radical (unpaired) electrons. The zero-order chi connectivity index (χ0) is 11.0. The molecule has 1 aromatic rings. The van der Waals surface area contributed by atoms with Crippen molar-refractivity contribution in [3.8, 4) is 0 Å². The summed E-state index contributed by atoms with van der Waals surface area (Å²) < 4.78 is 36.6. The molecule has 88 valence electrons. The maximum atomic E-state index is 9.99. The Labute approximate surface area is 94.2 Å². The van der Waals surface area contributed by atoms with E-state index in [0.717, 1.165) is 13.0 Å². The first-order valence-electron chi connectivity index (χ1n) is 3.81. The van der Waals surface area contributed by atoms with Crippen LogP contribution < -0.4 is 5.73 Å². The monoisotopic (exact) mass is 259 g/mol. The highest BCUT2D eigenvalue weighted by molar-refractivity contribution is 7.81. The van der Waals surface area contributed by atoms with Crippen molar-refractivity contribution in [1.82, 2.24) is 0 Å². The third-order valence-electron chi connectivity index (χ3n) is 1.28. The van der Waals surface area contributed by atoms with Crippen molar-refractivity contribution >= 4 is 23.0 Å². The molecular weight excluding hydrogens is 248 g/mol. The van der Waals surface area contributed by atoms with Gasteiger partial charge in [-0.1, -0.05) is 38.1 Å². The van der Waals surface area contributed by atoms with Gasteiger partial charge in [0.25, 0.3) is 0 Å². The van der Waals surface area contributed by atoms with Crippen LogP contribution in [0.5, 0.6) is 0 Å². The summed E-state index contributed by atoms with van der Waals surface area (Å²) in [6, 6.07) is 10.3. The van der Waals surface area contributed by atoms with E-state index in [1.165, 1.54) is 5.56 Å². The molecule has 1 aromatic carbocycles. The van der Waals surface area contributed by atoms with Crippen molar-refractivity contribution in [1.29, 1.82) is 0 Å². The minimum absolute atomic E-state index is 0. The number of benzene rings is 1. The van der Waals surface area contributed by atoms with Gasteiger partial charge in [-0.15, -0.1) is 12.4 Å². The molecule has 0 saturated carbocycles. The summed E-state index contributed by atoms with van der Waals surface area (Å²) in [5, 5.41) is 0. The molecule has 3 nitrogen and oxygen atoms in total. The van der Waals surface area contributed by atoms with Gasteiger partial charge in [-0.25, -0.2) is 0 Å². The molecule has 1 rings (SSSR count). The number of hydrogen-bond acceptors (Lipinski definition) is 3. The molecule has 0 bridgehead atoms. The fraction of sp³-hybridized carbons (Fsp3) is 0.250. The standard InChI is InChI=1S/C8H11N.ClH.F2O2S/c9-7-6-8-4-2-1-3-5-8;;1-5(2,3)4/h1-5H,6-7,9H2;1H;. The molecule has 7 heteroatoms. The van der Waals surface area contributed by atoms with Gasteiger partial charge in [0, 0.05) is 0 Å². The van der Waals surface area contributed by atoms with Gasteiger partial charge in [0.2, 0.25) is 0 Å². The predicted octanol–water partition coefficient (Wildman–Crippen LogP) is 1.78. The molecule has 0 aliphatic carbocycles. The Bertz CT molecular complexity index is 337. The molecule has 0 unspecified atom stereocenters. The summed E-state index contributed by atoms with van der Waals surface area (Å²) in [4.78, 5) is 0. The van der Waals surface area contributed by atoms with E-state index in [4.69, 9.17) is 14.2 Å². The lowest BCUT2D eigenvalue weighted by Crippen LogP contribution is -2.01. The van der Waals surface area contributed by atoms with E-state index in [1.807, 2.05) is 18.2 Å². The van der Waals surface area contributed by atoms with Crippen molar-refractivity contribution in [3.63, 3.8) is 0 Å². The van der Waals surface area contributed by atoms with Crippen molar-refractivity contribution in [2.75, 3.05) is 6.54 Å². The average molecular weight is 260 g/mol. The zero-order valence-corrected chi connectivity index (χ0v) is 9.40. The number of hydrogen-bond donors (Lipinski definition) is 1. The van der Waals surface area contributed by atoms with Gasteiger partial charge in [0.15, 0.2) is 0 Å². The van der Waals surface area contributed by atoms with E-state index in [9.17, 15) is 7.77 Å². The molecule has 0 fully saturated rings. The van der Waals surface area contributed by atoms with Gasteiger partial charge in [-0.3, -0.25) is 0 Å². The maximum Gasteiger partial charge on any atom is 0.476 e. The smallest absolute Gasteiger partial charge is 0.330 e. The van der Waals surface area contributed by atoms with Crippen LogP contribution in [0.1, 0.15) is 5.56 Å². The van der Waals surface area contributed by atoms with Crippen molar-refractivity contribution in [2.24, 2.45) is 5.73 Å². The van der Waals surface area contributed by atoms with Crippen LogP contribution in [0, 0.1) is 0 Å². The predicted molar refractivity (Wildman–Crippen MR) is 57.6 cm³/mol. The molecule has 0 spiro atoms. The third kappa shape index (κ3) is 16.0. The van der Waals surface area contributed by atoms with Crippen LogP contribution in [0.2, 0.25) is 0 Å². The van der Waals surface area contributed by atoms with Gasteiger partial charge in [-0.05, 0) is 18.5 Å². The van der Waals surface area contributed by atoms with Crippen LogP contribution in [-0.2, 0) is 17.0 Å². The second kappa shape index (κ2) is 8.58. The fourth-order valence-corrected chi connectivity index (χ4v) is 0.811. The Morgan fingerprint density at radius 1 is 1.13 bits per heavy atom. The largest absolute Gasteiger partial charge is 0.476 e. The maximum absolute atomic E-state index is 9.99. The second-order valence-corrected chi connectivity index (χ2v) is 3.16. The number of halogens is 3. The molecule has 0 amide bonds. The second-order valence-electron chi connectivity index (χ2n) is 2.40. The lowest BCUT2D eigenvalue weighted by atomic mass is 10.2. The van der Waals surface area contributed by atoms with Crippen LogP contribution in [0.4, 0.5) is 7.77 Å². The van der Waals surface area contributed by atoms with Crippen molar-refractivity contribution in [3.05, 3.63) is 35.9 Å². The molecule has 0 aliphatic rings. The van der Waals surface area contributed by atoms with Crippen LogP contribution >= 0.6 is 12.4 Å². The Morgan fingerprint density at radius 3 is 1.87 bits per heavy atom. The zero-order valence-electron chi connectivity index (χ0n) is 7.77. The van der Waals surface area contributed by atoms with Crippen molar-refractivity contribution in [2.45, 2.75) is 6.42 Å². The molecule has 0 aliphatic heterocycles. The third-order valence-corrected chi connectivity index (χ3v) is 1.28. The Kier molecular flexibility index (Phi) is 9.55. The molecule has 0 aromatic heterocycles. The topological polar surface area (TPSA) is 60.2 Å². The molecule has 0 heterocycles. The van der Waals surface area contributed by atoms with Crippen molar-refractivity contribution < 1.29 is 16.2 Å². The van der Waals surface area contributed by atoms with Gasteiger partial charge < -0.3 is 5.73 Å². The molecule has 0 saturated heterocycles. The first kappa shape index (κ1) is 16.7. The van der Waals surface area contributed by atoms with Crippen LogP contribution in [0.3, 0.4) is 0 Å². The number of nitrogens with two attached hydrogens (primary N) is 1. The summed E-state index contributed by atoms with van der Waals surface area (Å²) in [5.41, 5.74) is 6.68. The van der Waals surface area contributed by atoms with Gasteiger partial charge in [-0.2, -0.15) is 8.42 Å². The highest BCUT2D eigenvalue weighted by Gasteiger charge is 1.94. The Morgan fingerprint density at radius 2 is 1.53 bits per heavy atom. The lowest BCUT2D eigenvalue weighted by molar-refractivity contribution is 0.501. The number of rotatable bonds is 2. The van der Waals surface area contributed by atoms with E-state index in [0.29, 0.717) is 0 Å². The van der Waals surface area contributed by atoms with Gasteiger partial charge in [0.05, 0.1) is 0 Å². The highest BCUT2D eigenvalue weighted by Crippen LogP contribution is 1.96. The summed E-state index contributed by atoms with van der Waals surface area (Å²) in [6.45, 7) is 0.740. The minimum atomic E-state index is -5.67. The van der Waals surface area contributed by atoms with E-state index in [2.05, 4.69) is 12.1 Å². The molecule has 0 atom stereocenters. The quantitative estimate of drug-likeness (QED) is 0.824. The normalized spacial score (nSPS) is 9.53. The molecular formula is C8H12ClF2NO2S. The Hall–Kier alpha value is -0.720. The first-order chi connectivity index (χ1) is 6.43.